The number of amides is 1. The molecule has 0 aliphatic heterocycles. The number of hydrogen-bond donors (Lipinski definition) is 1. The number of alkyl halides is 11. The SMILES string of the molecule is CC(CS(=O)(=O)CC(F)(F)F)NC(=O)c1ccc(/C(F)=C/C(c2cc(Cl)cc(C(C)(F)F)c2)C(F)(F)F)cc1C(F)(F)F. The summed E-state index contributed by atoms with van der Waals surface area (Å²) in [6, 6.07) is 0.881. The van der Waals surface area contributed by atoms with Gasteiger partial charge in [0.25, 0.3) is 11.8 Å². The molecule has 2 aromatic rings. The van der Waals surface area contributed by atoms with E-state index >= 15 is 4.39 Å². The van der Waals surface area contributed by atoms with Gasteiger partial charge in [0.15, 0.2) is 9.84 Å². The van der Waals surface area contributed by atoms with Gasteiger partial charge in [-0.3, -0.25) is 4.79 Å². The lowest BCUT2D eigenvalue weighted by Gasteiger charge is -2.21. The van der Waals surface area contributed by atoms with Crippen LogP contribution in [0.5, 0.6) is 0 Å². The van der Waals surface area contributed by atoms with Crippen molar-refractivity contribution in [3.05, 3.63) is 75.3 Å². The molecular weight excluding hydrogens is 658 g/mol. The van der Waals surface area contributed by atoms with Gasteiger partial charge in [-0.1, -0.05) is 17.7 Å². The Morgan fingerprint density at radius 2 is 1.53 bits per heavy atom. The fourth-order valence-corrected chi connectivity index (χ4v) is 5.53. The van der Waals surface area contributed by atoms with Gasteiger partial charge in [0.1, 0.15) is 17.5 Å². The van der Waals surface area contributed by atoms with Crippen LogP contribution in [0.1, 0.15) is 52.4 Å². The molecule has 2 atom stereocenters. The highest BCUT2D eigenvalue weighted by atomic mass is 35.5. The normalized spacial score (nSPS) is 15.3. The molecule has 0 heterocycles. The molecular formula is C25H20ClF12NO3S. The summed E-state index contributed by atoms with van der Waals surface area (Å²) < 4.78 is 186. The third kappa shape index (κ3) is 10.6. The highest BCUT2D eigenvalue weighted by Gasteiger charge is 2.42. The first-order chi connectivity index (χ1) is 19.2. The van der Waals surface area contributed by atoms with Crippen LogP contribution in [0, 0.1) is 0 Å². The molecule has 0 bridgehead atoms. The average molecular weight is 678 g/mol. The lowest BCUT2D eigenvalue weighted by molar-refractivity contribution is -0.140. The monoisotopic (exact) mass is 677 g/mol. The number of carbonyl (C=O) groups excluding carboxylic acids is 1. The zero-order valence-electron chi connectivity index (χ0n) is 21.7. The zero-order valence-corrected chi connectivity index (χ0v) is 23.2. The molecule has 0 fully saturated rings. The number of sulfone groups is 1. The van der Waals surface area contributed by atoms with Crippen LogP contribution in [0.4, 0.5) is 52.7 Å². The van der Waals surface area contributed by atoms with Crippen molar-refractivity contribution in [2.75, 3.05) is 11.5 Å². The summed E-state index contributed by atoms with van der Waals surface area (Å²) in [5.41, 5.74) is -6.14. The molecule has 0 saturated heterocycles. The van der Waals surface area contributed by atoms with Crippen molar-refractivity contribution < 1.29 is 65.9 Å². The van der Waals surface area contributed by atoms with Crippen molar-refractivity contribution in [3.8, 4) is 0 Å². The Kier molecular flexibility index (Phi) is 10.6. The summed E-state index contributed by atoms with van der Waals surface area (Å²) >= 11 is 5.66. The molecule has 0 spiro atoms. The minimum Gasteiger partial charge on any atom is -0.349 e. The predicted molar refractivity (Wildman–Crippen MR) is 132 cm³/mol. The Balaban J connectivity index is 2.50. The van der Waals surface area contributed by atoms with E-state index in [-0.39, 0.29) is 12.1 Å². The smallest absolute Gasteiger partial charge is 0.349 e. The quantitative estimate of drug-likeness (QED) is 0.272. The van der Waals surface area contributed by atoms with Crippen LogP contribution in [0.3, 0.4) is 0 Å². The Bertz CT molecular complexity index is 1480. The van der Waals surface area contributed by atoms with E-state index in [9.17, 15) is 61.5 Å². The average Bonchev–Trinajstić information content (AvgIpc) is 2.77. The number of rotatable bonds is 9. The van der Waals surface area contributed by atoms with Gasteiger partial charge in [-0.15, -0.1) is 0 Å². The van der Waals surface area contributed by atoms with Crippen LogP contribution in [-0.2, 0) is 21.9 Å². The largest absolute Gasteiger partial charge is 0.417 e. The second kappa shape index (κ2) is 12.6. The molecule has 0 radical (unpaired) electrons. The maximum absolute atomic E-state index is 15.0. The number of hydrogen-bond acceptors (Lipinski definition) is 3. The summed E-state index contributed by atoms with van der Waals surface area (Å²) in [4.78, 5) is 12.5. The molecule has 43 heavy (non-hydrogen) atoms. The number of nitrogens with one attached hydrogen (secondary N) is 1. The molecule has 0 saturated carbocycles. The molecule has 2 aromatic carbocycles. The van der Waals surface area contributed by atoms with Crippen LogP contribution < -0.4 is 5.32 Å². The summed E-state index contributed by atoms with van der Waals surface area (Å²) in [6.45, 7) is 1.25. The van der Waals surface area contributed by atoms with E-state index in [2.05, 4.69) is 0 Å². The lowest BCUT2D eigenvalue weighted by atomic mass is 9.93. The molecule has 240 valence electrons. The maximum atomic E-state index is 15.0. The number of carbonyl (C=O) groups is 1. The predicted octanol–water partition coefficient (Wildman–Crippen LogP) is 8.22. The Hall–Kier alpha value is -2.95. The van der Waals surface area contributed by atoms with E-state index in [1.54, 1.807) is 5.32 Å². The first-order valence-corrected chi connectivity index (χ1v) is 13.8. The van der Waals surface area contributed by atoms with Gasteiger partial charge in [-0.2, -0.15) is 39.5 Å². The van der Waals surface area contributed by atoms with E-state index in [1.165, 1.54) is 0 Å². The first-order valence-electron chi connectivity index (χ1n) is 11.6. The highest BCUT2D eigenvalue weighted by Crippen LogP contribution is 2.42. The van der Waals surface area contributed by atoms with Crippen molar-refractivity contribution >= 4 is 33.2 Å². The number of allylic oxidation sites excluding steroid dienone is 1. The first kappa shape index (κ1) is 36.2. The molecule has 18 heteroatoms. The van der Waals surface area contributed by atoms with Gasteiger partial charge in [0, 0.05) is 29.1 Å². The minimum absolute atomic E-state index is 0.0250. The number of benzene rings is 2. The second-order valence-corrected chi connectivity index (χ2v) is 12.0. The van der Waals surface area contributed by atoms with Crippen LogP contribution in [0.2, 0.25) is 5.02 Å². The van der Waals surface area contributed by atoms with Crippen molar-refractivity contribution in [2.45, 2.75) is 50.3 Å². The van der Waals surface area contributed by atoms with E-state index in [0.29, 0.717) is 37.3 Å². The van der Waals surface area contributed by atoms with Crippen LogP contribution in [-0.4, -0.2) is 44.2 Å². The van der Waals surface area contributed by atoms with Crippen LogP contribution in [0.25, 0.3) is 5.83 Å². The van der Waals surface area contributed by atoms with E-state index in [1.807, 2.05) is 0 Å². The van der Waals surface area contributed by atoms with E-state index < -0.39 is 102 Å². The topological polar surface area (TPSA) is 63.2 Å². The molecule has 4 nitrogen and oxygen atoms in total. The lowest BCUT2D eigenvalue weighted by Crippen LogP contribution is -2.40. The molecule has 1 amide bonds. The number of halogens is 13. The fourth-order valence-electron chi connectivity index (χ4n) is 3.83. The summed E-state index contributed by atoms with van der Waals surface area (Å²) in [5, 5.41) is 1.22. The van der Waals surface area contributed by atoms with E-state index in [0.717, 1.165) is 6.92 Å². The Morgan fingerprint density at radius 3 is 2.02 bits per heavy atom. The van der Waals surface area contributed by atoms with Crippen LogP contribution in [0.15, 0.2) is 42.5 Å². The third-order valence-corrected chi connectivity index (χ3v) is 7.56. The fraction of sp³-hybridized carbons (Fsp3) is 0.400. The summed E-state index contributed by atoms with van der Waals surface area (Å²) in [5.74, 6) is -13.7. The van der Waals surface area contributed by atoms with Crippen molar-refractivity contribution in [1.29, 1.82) is 0 Å². The Morgan fingerprint density at radius 1 is 0.953 bits per heavy atom. The summed E-state index contributed by atoms with van der Waals surface area (Å²) in [6.07, 6.45) is -16.1. The Labute approximate surface area is 241 Å². The van der Waals surface area contributed by atoms with Crippen molar-refractivity contribution in [2.24, 2.45) is 0 Å². The van der Waals surface area contributed by atoms with Gasteiger partial charge in [-0.25, -0.2) is 21.6 Å². The molecule has 2 unspecified atom stereocenters. The van der Waals surface area contributed by atoms with Crippen molar-refractivity contribution in [1.82, 2.24) is 5.32 Å². The van der Waals surface area contributed by atoms with Gasteiger partial charge in [-0.05, 0) is 48.9 Å². The molecule has 2 rings (SSSR count). The van der Waals surface area contributed by atoms with E-state index in [4.69, 9.17) is 11.6 Å². The summed E-state index contributed by atoms with van der Waals surface area (Å²) in [7, 11) is -4.84. The molecule has 0 aliphatic rings. The second-order valence-electron chi connectivity index (χ2n) is 9.50. The van der Waals surface area contributed by atoms with Gasteiger partial charge in [0.2, 0.25) is 0 Å². The van der Waals surface area contributed by atoms with Gasteiger partial charge in [0.05, 0.1) is 16.9 Å². The zero-order chi connectivity index (χ0) is 33.3. The standard InChI is InChI=1S/C25H20ClF12NO3S/c1-12(10-43(41,42)11-23(30,31)32)39-21(40)17-4-3-13(7-19(17)25(36,37)38)20(27)9-18(24(33,34)35)14-5-15(22(2,28)29)8-16(26)6-14/h3-9,12,18H,10-11H2,1-2H3,(H,39,40)/b20-9-. The van der Waals surface area contributed by atoms with Gasteiger partial charge >= 0.3 is 18.5 Å². The third-order valence-electron chi connectivity index (χ3n) is 5.56. The molecule has 0 aromatic heterocycles. The minimum atomic E-state index is -5.42. The van der Waals surface area contributed by atoms with Crippen molar-refractivity contribution in [3.63, 3.8) is 0 Å². The maximum Gasteiger partial charge on any atom is 0.417 e. The molecule has 0 aliphatic carbocycles. The molecule has 1 N–H and O–H groups in total. The highest BCUT2D eigenvalue weighted by molar-refractivity contribution is 7.91. The van der Waals surface area contributed by atoms with Crippen LogP contribution >= 0.6 is 11.6 Å². The van der Waals surface area contributed by atoms with Gasteiger partial charge < -0.3 is 5.32 Å².